The molecular formula is C22H28F3N7O3. The number of aliphatic hydroxyl groups is 2. The summed E-state index contributed by atoms with van der Waals surface area (Å²) in [5.41, 5.74) is 5.58. The molecule has 2 aliphatic rings. The summed E-state index contributed by atoms with van der Waals surface area (Å²) in [4.78, 5) is 16.7. The molecule has 13 heteroatoms. The van der Waals surface area contributed by atoms with E-state index in [4.69, 9.17) is 11.6 Å². The van der Waals surface area contributed by atoms with Gasteiger partial charge in [-0.3, -0.25) is 4.90 Å². The zero-order chi connectivity index (χ0) is 25.4. The van der Waals surface area contributed by atoms with E-state index < -0.39 is 18.0 Å². The molecule has 2 saturated heterocycles. The molecule has 0 radical (unpaired) electrons. The number of hydrogen-bond donors (Lipinski definition) is 4. The third-order valence-corrected chi connectivity index (χ3v) is 6.99. The number of likely N-dealkylation sites (tertiary alicyclic amines) is 2. The van der Waals surface area contributed by atoms with Crippen LogP contribution >= 0.6 is 0 Å². The lowest BCUT2D eigenvalue weighted by Crippen LogP contribution is -2.53. The van der Waals surface area contributed by atoms with Gasteiger partial charge >= 0.3 is 12.2 Å². The van der Waals surface area contributed by atoms with Crippen molar-refractivity contribution in [2.75, 3.05) is 19.6 Å². The van der Waals surface area contributed by atoms with Gasteiger partial charge in [0.2, 0.25) is 0 Å². The van der Waals surface area contributed by atoms with E-state index >= 15 is 0 Å². The van der Waals surface area contributed by atoms with Crippen molar-refractivity contribution in [2.24, 2.45) is 16.7 Å². The number of aromatic nitrogens is 2. The van der Waals surface area contributed by atoms with Crippen LogP contribution in [0, 0.1) is 0 Å². The lowest BCUT2D eigenvalue weighted by Gasteiger charge is -2.45. The summed E-state index contributed by atoms with van der Waals surface area (Å²) in [5, 5.41) is 25.8. The molecule has 1 amide bonds. The summed E-state index contributed by atoms with van der Waals surface area (Å²) in [6, 6.07) is 4.45. The lowest BCUT2D eigenvalue weighted by atomic mass is 9.84. The Hall–Kier alpha value is -3.16. The second-order valence-electron chi connectivity index (χ2n) is 8.96. The number of halogens is 3. The Morgan fingerprint density at radius 1 is 1.17 bits per heavy atom. The summed E-state index contributed by atoms with van der Waals surface area (Å²) >= 11 is 0. The van der Waals surface area contributed by atoms with Gasteiger partial charge in [0.25, 0.3) is 0 Å². The van der Waals surface area contributed by atoms with Crippen LogP contribution in [0.2, 0.25) is 0 Å². The van der Waals surface area contributed by atoms with Gasteiger partial charge in [-0.2, -0.15) is 28.1 Å². The van der Waals surface area contributed by atoms with Crippen molar-refractivity contribution >= 4 is 11.9 Å². The van der Waals surface area contributed by atoms with Crippen LogP contribution in [0.15, 0.2) is 35.6 Å². The molecule has 2 fully saturated rings. The van der Waals surface area contributed by atoms with Crippen molar-refractivity contribution in [3.63, 3.8) is 0 Å². The first-order chi connectivity index (χ1) is 16.5. The highest BCUT2D eigenvalue weighted by molar-refractivity contribution is 5.98. The van der Waals surface area contributed by atoms with E-state index in [2.05, 4.69) is 15.1 Å². The molecule has 0 bridgehead atoms. The number of amides is 1. The molecule has 1 spiro atoms. The van der Waals surface area contributed by atoms with E-state index in [1.54, 1.807) is 4.90 Å². The molecule has 35 heavy (non-hydrogen) atoms. The average molecular weight is 496 g/mol. The number of nitrogens with zero attached hydrogens (tertiary/aromatic N) is 5. The maximum Gasteiger partial charge on any atom is 0.416 e. The zero-order valence-electron chi connectivity index (χ0n) is 18.9. The number of hydrazone groups is 1. The minimum Gasteiger partial charge on any atom is -0.382 e. The normalized spacial score (nSPS) is 19.1. The summed E-state index contributed by atoms with van der Waals surface area (Å²) in [6.45, 7) is 2.09. The Kier molecular flexibility index (Phi) is 6.75. The highest BCUT2D eigenvalue weighted by Gasteiger charge is 2.44. The van der Waals surface area contributed by atoms with E-state index in [-0.39, 0.29) is 28.7 Å². The fourth-order valence-electron chi connectivity index (χ4n) is 5.05. The first-order valence-electron chi connectivity index (χ1n) is 11.2. The van der Waals surface area contributed by atoms with E-state index in [1.165, 1.54) is 18.3 Å². The van der Waals surface area contributed by atoms with Crippen LogP contribution in [-0.2, 0) is 12.7 Å². The van der Waals surface area contributed by atoms with Crippen LogP contribution in [0.1, 0.15) is 54.4 Å². The highest BCUT2D eigenvalue weighted by atomic mass is 19.4. The molecule has 2 aromatic rings. The molecule has 0 saturated carbocycles. The predicted molar refractivity (Wildman–Crippen MR) is 120 cm³/mol. The Morgan fingerprint density at radius 2 is 1.89 bits per heavy atom. The fourth-order valence-corrected chi connectivity index (χ4v) is 5.05. The van der Waals surface area contributed by atoms with Crippen molar-refractivity contribution in [1.82, 2.24) is 19.6 Å². The first kappa shape index (κ1) is 24.9. The van der Waals surface area contributed by atoms with Crippen molar-refractivity contribution in [2.45, 2.75) is 50.2 Å². The summed E-state index contributed by atoms with van der Waals surface area (Å²) in [6.07, 6.45) is -1.67. The molecule has 3 heterocycles. The van der Waals surface area contributed by atoms with Gasteiger partial charge in [0, 0.05) is 36.9 Å². The maximum atomic E-state index is 13.2. The van der Waals surface area contributed by atoms with Crippen LogP contribution < -0.4 is 11.6 Å². The molecular weight excluding hydrogens is 467 g/mol. The number of amidine groups is 1. The second-order valence-corrected chi connectivity index (χ2v) is 8.96. The SMILES string of the molecule is NN=C(N)c1cc(C(F)(F)F)ccc1CN1CCCC12CCN(C(=O)n1ccc(C(O)O)n1)CC2. The minimum absolute atomic E-state index is 0.0126. The number of benzene rings is 1. The minimum atomic E-state index is -4.51. The molecule has 1 aromatic heterocycles. The molecule has 190 valence electrons. The molecule has 10 nitrogen and oxygen atoms in total. The third kappa shape index (κ3) is 4.97. The number of alkyl halides is 3. The van der Waals surface area contributed by atoms with Crippen molar-refractivity contribution in [3.8, 4) is 0 Å². The average Bonchev–Trinajstić information content (AvgIpc) is 3.46. The number of piperidine rings is 1. The fraction of sp³-hybridized carbons (Fsp3) is 0.500. The van der Waals surface area contributed by atoms with E-state index in [1.807, 2.05) is 0 Å². The maximum absolute atomic E-state index is 13.2. The molecule has 0 unspecified atom stereocenters. The molecule has 4 rings (SSSR count). The summed E-state index contributed by atoms with van der Waals surface area (Å²) in [7, 11) is 0. The number of nitrogens with two attached hydrogens (primary N) is 2. The number of rotatable bonds is 4. The molecule has 1 aromatic carbocycles. The van der Waals surface area contributed by atoms with Gasteiger partial charge in [-0.1, -0.05) is 6.07 Å². The number of carbonyl (C=O) groups is 1. The Labute approximate surface area is 199 Å². The van der Waals surface area contributed by atoms with Crippen molar-refractivity contribution in [1.29, 1.82) is 0 Å². The topological polar surface area (TPSA) is 146 Å². The monoisotopic (exact) mass is 495 g/mol. The Balaban J connectivity index is 1.49. The van der Waals surface area contributed by atoms with E-state index in [0.717, 1.165) is 36.2 Å². The quantitative estimate of drug-likeness (QED) is 0.166. The first-order valence-corrected chi connectivity index (χ1v) is 11.2. The second kappa shape index (κ2) is 9.47. The van der Waals surface area contributed by atoms with Crippen molar-refractivity contribution < 1.29 is 28.2 Å². The largest absolute Gasteiger partial charge is 0.416 e. The lowest BCUT2D eigenvalue weighted by molar-refractivity contribution is -0.137. The van der Waals surface area contributed by atoms with Crippen LogP contribution in [0.25, 0.3) is 0 Å². The van der Waals surface area contributed by atoms with Gasteiger partial charge in [0.05, 0.1) is 5.56 Å². The van der Waals surface area contributed by atoms with E-state index in [0.29, 0.717) is 38.0 Å². The van der Waals surface area contributed by atoms with E-state index in [9.17, 15) is 28.2 Å². The number of hydrogen-bond acceptors (Lipinski definition) is 7. The molecule has 6 N–H and O–H groups in total. The van der Waals surface area contributed by atoms with Gasteiger partial charge in [-0.25, -0.2) is 4.79 Å². The Morgan fingerprint density at radius 3 is 2.49 bits per heavy atom. The zero-order valence-corrected chi connectivity index (χ0v) is 18.9. The molecule has 0 aliphatic carbocycles. The van der Waals surface area contributed by atoms with Gasteiger partial charge < -0.3 is 26.7 Å². The predicted octanol–water partition coefficient (Wildman–Crippen LogP) is 1.56. The highest BCUT2D eigenvalue weighted by Crippen LogP contribution is 2.40. The van der Waals surface area contributed by atoms with Gasteiger partial charge in [0.1, 0.15) is 5.69 Å². The summed E-state index contributed by atoms with van der Waals surface area (Å²) in [5.74, 6) is 5.12. The van der Waals surface area contributed by atoms with Crippen molar-refractivity contribution in [3.05, 3.63) is 52.8 Å². The third-order valence-electron chi connectivity index (χ3n) is 6.99. The molecule has 0 atom stereocenters. The van der Waals surface area contributed by atoms with Crippen LogP contribution in [0.4, 0.5) is 18.0 Å². The standard InChI is InChI=1S/C22H28F3N7O3/c23-22(24,25)15-3-2-14(16(12-15)18(26)28-27)13-31-8-1-5-21(31)6-10-30(11-7-21)20(35)32-9-4-17(29-32)19(33)34/h2-4,9,12,19,33-34H,1,5-8,10-11,13,27H2,(H2,26,28). The summed E-state index contributed by atoms with van der Waals surface area (Å²) < 4.78 is 40.8. The van der Waals surface area contributed by atoms with Crippen LogP contribution in [-0.4, -0.2) is 66.8 Å². The number of aliphatic hydroxyl groups excluding tert-OH is 1. The number of carbonyl (C=O) groups excluding carboxylic acids is 1. The van der Waals surface area contributed by atoms with Crippen LogP contribution in [0.3, 0.4) is 0 Å². The van der Waals surface area contributed by atoms with Gasteiger partial charge in [-0.15, -0.1) is 0 Å². The van der Waals surface area contributed by atoms with Gasteiger partial charge in [-0.05, 0) is 56.0 Å². The van der Waals surface area contributed by atoms with Crippen LogP contribution in [0.5, 0.6) is 0 Å². The Bertz CT molecular complexity index is 1110. The van der Waals surface area contributed by atoms with Gasteiger partial charge in [0.15, 0.2) is 12.1 Å². The smallest absolute Gasteiger partial charge is 0.382 e. The molecule has 2 aliphatic heterocycles.